The van der Waals surface area contributed by atoms with E-state index in [0.717, 1.165) is 5.56 Å². The molecule has 7 heteroatoms. The van der Waals surface area contributed by atoms with E-state index in [1.165, 1.54) is 14.2 Å². The highest BCUT2D eigenvalue weighted by atomic mass is 16.5. The Morgan fingerprint density at radius 1 is 1.00 bits per heavy atom. The Morgan fingerprint density at radius 2 is 1.81 bits per heavy atom. The molecule has 0 aromatic heterocycles. The third-order valence-corrected chi connectivity index (χ3v) is 3.61. The number of esters is 1. The van der Waals surface area contributed by atoms with Gasteiger partial charge in [0.05, 0.1) is 32.9 Å². The van der Waals surface area contributed by atoms with Crippen LogP contribution in [-0.4, -0.2) is 39.3 Å². The van der Waals surface area contributed by atoms with Gasteiger partial charge in [-0.05, 0) is 36.8 Å². The number of hydrogen-bond donors (Lipinski definition) is 1. The molecule has 0 saturated carbocycles. The summed E-state index contributed by atoms with van der Waals surface area (Å²) >= 11 is 0. The molecule has 0 unspecified atom stereocenters. The van der Waals surface area contributed by atoms with Crippen molar-refractivity contribution in [3.8, 4) is 17.2 Å². The standard InChI is InChI=1S/C20H23NO6/c1-14-5-4-6-16(11-14)26-10-9-20(23)27-13-19(22)21-17-8-7-15(24-2)12-18(17)25-3/h4-8,11-12H,9-10,13H2,1-3H3,(H,21,22). The molecule has 2 aromatic rings. The predicted octanol–water partition coefficient (Wildman–Crippen LogP) is 2.96. The van der Waals surface area contributed by atoms with E-state index in [0.29, 0.717) is 22.9 Å². The Balaban J connectivity index is 1.74. The molecule has 0 atom stereocenters. The molecule has 0 aliphatic heterocycles. The second-order valence-electron chi connectivity index (χ2n) is 5.69. The number of ether oxygens (including phenoxy) is 4. The number of hydrogen-bond acceptors (Lipinski definition) is 6. The van der Waals surface area contributed by atoms with Crippen LogP contribution in [0.1, 0.15) is 12.0 Å². The summed E-state index contributed by atoms with van der Waals surface area (Å²) in [7, 11) is 3.02. The Hall–Kier alpha value is -3.22. The zero-order valence-electron chi connectivity index (χ0n) is 15.6. The molecule has 144 valence electrons. The molecule has 27 heavy (non-hydrogen) atoms. The first-order valence-corrected chi connectivity index (χ1v) is 8.39. The van der Waals surface area contributed by atoms with Crippen molar-refractivity contribution in [3.63, 3.8) is 0 Å². The van der Waals surface area contributed by atoms with Gasteiger partial charge in [0.25, 0.3) is 5.91 Å². The predicted molar refractivity (Wildman–Crippen MR) is 100 cm³/mol. The molecule has 0 radical (unpaired) electrons. The van der Waals surface area contributed by atoms with Crippen LogP contribution in [0.2, 0.25) is 0 Å². The molecule has 0 heterocycles. The molecule has 0 saturated heterocycles. The maximum absolute atomic E-state index is 12.0. The van der Waals surface area contributed by atoms with Crippen LogP contribution in [0.25, 0.3) is 0 Å². The highest BCUT2D eigenvalue weighted by Gasteiger charge is 2.11. The van der Waals surface area contributed by atoms with Crippen LogP contribution in [0.5, 0.6) is 17.2 Å². The molecule has 0 aliphatic rings. The van der Waals surface area contributed by atoms with Crippen molar-refractivity contribution in [1.29, 1.82) is 0 Å². The summed E-state index contributed by atoms with van der Waals surface area (Å²) in [6.07, 6.45) is 0.0487. The van der Waals surface area contributed by atoms with Gasteiger partial charge in [-0.25, -0.2) is 0 Å². The SMILES string of the molecule is COc1ccc(NC(=O)COC(=O)CCOc2cccc(C)c2)c(OC)c1. The average molecular weight is 373 g/mol. The number of aryl methyl sites for hydroxylation is 1. The third-order valence-electron chi connectivity index (χ3n) is 3.61. The van der Waals surface area contributed by atoms with Gasteiger partial charge in [-0.15, -0.1) is 0 Å². The summed E-state index contributed by atoms with van der Waals surface area (Å²) in [6, 6.07) is 12.5. The minimum atomic E-state index is -0.514. The van der Waals surface area contributed by atoms with Gasteiger partial charge in [-0.2, -0.15) is 0 Å². The number of carbonyl (C=O) groups is 2. The Morgan fingerprint density at radius 3 is 2.52 bits per heavy atom. The summed E-state index contributed by atoms with van der Waals surface area (Å²) in [6.45, 7) is 1.74. The highest BCUT2D eigenvalue weighted by Crippen LogP contribution is 2.28. The second-order valence-corrected chi connectivity index (χ2v) is 5.69. The van der Waals surface area contributed by atoms with E-state index in [9.17, 15) is 9.59 Å². The molecular formula is C20H23NO6. The summed E-state index contributed by atoms with van der Waals surface area (Å²) in [5, 5.41) is 2.63. The smallest absolute Gasteiger partial charge is 0.309 e. The minimum Gasteiger partial charge on any atom is -0.497 e. The molecule has 0 fully saturated rings. The van der Waals surface area contributed by atoms with E-state index in [1.54, 1.807) is 18.2 Å². The molecule has 7 nitrogen and oxygen atoms in total. The van der Waals surface area contributed by atoms with E-state index in [4.69, 9.17) is 18.9 Å². The Kier molecular flexibility index (Phi) is 7.49. The second kappa shape index (κ2) is 10.1. The van der Waals surface area contributed by atoms with Gasteiger partial charge >= 0.3 is 5.97 Å². The number of anilines is 1. The van der Waals surface area contributed by atoms with Crippen molar-refractivity contribution < 1.29 is 28.5 Å². The first-order valence-electron chi connectivity index (χ1n) is 8.39. The molecule has 2 aromatic carbocycles. The monoisotopic (exact) mass is 373 g/mol. The minimum absolute atomic E-state index is 0.0487. The fourth-order valence-electron chi connectivity index (χ4n) is 2.26. The van der Waals surface area contributed by atoms with Gasteiger partial charge in [0.2, 0.25) is 0 Å². The maximum atomic E-state index is 12.0. The number of rotatable bonds is 9. The maximum Gasteiger partial charge on any atom is 0.309 e. The zero-order valence-corrected chi connectivity index (χ0v) is 15.6. The van der Waals surface area contributed by atoms with Crippen LogP contribution in [0.4, 0.5) is 5.69 Å². The van der Waals surface area contributed by atoms with Gasteiger partial charge in [-0.3, -0.25) is 9.59 Å². The highest BCUT2D eigenvalue weighted by molar-refractivity contribution is 5.94. The van der Waals surface area contributed by atoms with Crippen molar-refractivity contribution >= 4 is 17.6 Å². The molecule has 1 N–H and O–H groups in total. The molecule has 0 spiro atoms. The van der Waals surface area contributed by atoms with Gasteiger partial charge in [0.15, 0.2) is 6.61 Å². The zero-order chi connectivity index (χ0) is 19.6. The number of methoxy groups -OCH3 is 2. The van der Waals surface area contributed by atoms with E-state index >= 15 is 0 Å². The van der Waals surface area contributed by atoms with Gasteiger partial charge < -0.3 is 24.3 Å². The molecule has 1 amide bonds. The van der Waals surface area contributed by atoms with E-state index in [2.05, 4.69) is 5.32 Å². The van der Waals surface area contributed by atoms with Crippen LogP contribution in [0.3, 0.4) is 0 Å². The van der Waals surface area contributed by atoms with Crippen LogP contribution < -0.4 is 19.5 Å². The van der Waals surface area contributed by atoms with Crippen molar-refractivity contribution in [2.24, 2.45) is 0 Å². The van der Waals surface area contributed by atoms with E-state index in [1.807, 2.05) is 31.2 Å². The van der Waals surface area contributed by atoms with Crippen molar-refractivity contribution in [2.75, 3.05) is 32.8 Å². The molecule has 0 bridgehead atoms. The molecular weight excluding hydrogens is 350 g/mol. The van der Waals surface area contributed by atoms with E-state index < -0.39 is 18.5 Å². The average Bonchev–Trinajstić information content (AvgIpc) is 2.66. The fraction of sp³-hybridized carbons (Fsp3) is 0.300. The molecule has 0 aliphatic carbocycles. The van der Waals surface area contributed by atoms with E-state index in [-0.39, 0.29) is 13.0 Å². The van der Waals surface area contributed by atoms with Crippen LogP contribution in [0, 0.1) is 6.92 Å². The van der Waals surface area contributed by atoms with Crippen LogP contribution >= 0.6 is 0 Å². The normalized spacial score (nSPS) is 10.0. The topological polar surface area (TPSA) is 83.1 Å². The van der Waals surface area contributed by atoms with Gasteiger partial charge in [-0.1, -0.05) is 12.1 Å². The van der Waals surface area contributed by atoms with Crippen molar-refractivity contribution in [3.05, 3.63) is 48.0 Å². The van der Waals surface area contributed by atoms with Crippen molar-refractivity contribution in [2.45, 2.75) is 13.3 Å². The number of carbonyl (C=O) groups excluding carboxylic acids is 2. The number of nitrogens with one attached hydrogen (secondary N) is 1. The lowest BCUT2D eigenvalue weighted by Crippen LogP contribution is -2.22. The lowest BCUT2D eigenvalue weighted by Gasteiger charge is -2.12. The lowest BCUT2D eigenvalue weighted by molar-refractivity contribution is -0.147. The fourth-order valence-corrected chi connectivity index (χ4v) is 2.26. The first kappa shape index (κ1) is 20.1. The quantitative estimate of drug-likeness (QED) is 0.681. The summed E-state index contributed by atoms with van der Waals surface area (Å²) in [5.74, 6) is 0.753. The summed E-state index contributed by atoms with van der Waals surface area (Å²) in [5.41, 5.74) is 1.53. The van der Waals surface area contributed by atoms with Crippen molar-refractivity contribution in [1.82, 2.24) is 0 Å². The Bertz CT molecular complexity index is 790. The molecule has 2 rings (SSSR count). The summed E-state index contributed by atoms with van der Waals surface area (Å²) in [4.78, 5) is 23.7. The van der Waals surface area contributed by atoms with Crippen LogP contribution in [-0.2, 0) is 14.3 Å². The lowest BCUT2D eigenvalue weighted by atomic mass is 10.2. The van der Waals surface area contributed by atoms with Crippen LogP contribution in [0.15, 0.2) is 42.5 Å². The van der Waals surface area contributed by atoms with Gasteiger partial charge in [0.1, 0.15) is 17.2 Å². The van der Waals surface area contributed by atoms with Gasteiger partial charge in [0, 0.05) is 6.07 Å². The first-order chi connectivity index (χ1) is 13.0. The Labute approximate surface area is 158 Å². The third kappa shape index (κ3) is 6.54. The summed E-state index contributed by atoms with van der Waals surface area (Å²) < 4.78 is 20.7. The number of benzene rings is 2. The number of amides is 1. The largest absolute Gasteiger partial charge is 0.497 e.